The van der Waals surface area contributed by atoms with Crippen LogP contribution in [0.1, 0.15) is 11.1 Å². The summed E-state index contributed by atoms with van der Waals surface area (Å²) in [4.78, 5) is 0.0867. The van der Waals surface area contributed by atoms with Gasteiger partial charge < -0.3 is 0 Å². The van der Waals surface area contributed by atoms with Gasteiger partial charge >= 0.3 is 0 Å². The molecule has 0 atom stereocenters. The maximum Gasteiger partial charge on any atom is 0.263 e. The summed E-state index contributed by atoms with van der Waals surface area (Å²) in [7, 11) is -3.82. The number of benzene rings is 2. The van der Waals surface area contributed by atoms with Crippen molar-refractivity contribution >= 4 is 47.6 Å². The zero-order chi connectivity index (χ0) is 15.8. The van der Waals surface area contributed by atoms with Gasteiger partial charge in [-0.15, -0.1) is 0 Å². The highest BCUT2D eigenvalue weighted by Crippen LogP contribution is 2.30. The van der Waals surface area contributed by atoms with Gasteiger partial charge in [-0.05, 0) is 65.2 Å². The monoisotopic (exact) mass is 435 g/mol. The smallest absolute Gasteiger partial charge is 0.263 e. The Bertz CT molecular complexity index is 807. The van der Waals surface area contributed by atoms with Crippen LogP contribution >= 0.6 is 31.9 Å². The second kappa shape index (κ2) is 6.06. The van der Waals surface area contributed by atoms with Crippen LogP contribution in [0, 0.1) is 19.7 Å². The maximum atomic E-state index is 13.3. The molecular formula is C14H12Br2FNO2S. The molecule has 0 aliphatic rings. The fourth-order valence-electron chi connectivity index (χ4n) is 1.74. The number of nitrogens with one attached hydrogen (secondary N) is 1. The first-order valence-corrected chi connectivity index (χ1v) is 9.02. The topological polar surface area (TPSA) is 46.2 Å². The van der Waals surface area contributed by atoms with Crippen LogP contribution in [0.25, 0.3) is 0 Å². The number of aryl methyl sites for hydroxylation is 2. The molecule has 0 saturated carbocycles. The first-order chi connectivity index (χ1) is 9.70. The lowest BCUT2D eigenvalue weighted by Crippen LogP contribution is -2.14. The third-order valence-corrected chi connectivity index (χ3v) is 6.12. The molecule has 0 unspecified atom stereocenters. The first-order valence-electron chi connectivity index (χ1n) is 5.95. The lowest BCUT2D eigenvalue weighted by Gasteiger charge is -2.13. The van der Waals surface area contributed by atoms with Crippen molar-refractivity contribution in [2.75, 3.05) is 4.72 Å². The van der Waals surface area contributed by atoms with Gasteiger partial charge in [-0.25, -0.2) is 12.8 Å². The number of hydrogen-bond donors (Lipinski definition) is 1. The van der Waals surface area contributed by atoms with Crippen LogP contribution in [0.15, 0.2) is 44.2 Å². The quantitative estimate of drug-likeness (QED) is 0.753. The SMILES string of the molecule is Cc1cc(Br)c(S(=O)(=O)Nc2cc(F)ccc2C)cc1Br. The van der Waals surface area contributed by atoms with Crippen LogP contribution < -0.4 is 4.72 Å². The molecule has 21 heavy (non-hydrogen) atoms. The summed E-state index contributed by atoms with van der Waals surface area (Å²) in [5.41, 5.74) is 1.77. The zero-order valence-corrected chi connectivity index (χ0v) is 15.2. The molecule has 0 radical (unpaired) electrons. The molecule has 2 aromatic carbocycles. The van der Waals surface area contributed by atoms with E-state index in [4.69, 9.17) is 0 Å². The summed E-state index contributed by atoms with van der Waals surface area (Å²) in [6.07, 6.45) is 0. The number of sulfonamides is 1. The summed E-state index contributed by atoms with van der Waals surface area (Å²) >= 11 is 6.56. The highest BCUT2D eigenvalue weighted by Gasteiger charge is 2.20. The third kappa shape index (κ3) is 3.64. The van der Waals surface area contributed by atoms with Crippen molar-refractivity contribution in [3.63, 3.8) is 0 Å². The van der Waals surface area contributed by atoms with Crippen LogP contribution in [0.5, 0.6) is 0 Å². The number of hydrogen-bond acceptors (Lipinski definition) is 2. The van der Waals surface area contributed by atoms with Crippen LogP contribution in [0.3, 0.4) is 0 Å². The Balaban J connectivity index is 2.48. The number of halogens is 3. The summed E-state index contributed by atoms with van der Waals surface area (Å²) in [6.45, 7) is 3.56. The second-order valence-electron chi connectivity index (χ2n) is 4.60. The highest BCUT2D eigenvalue weighted by molar-refractivity contribution is 9.11. The molecule has 0 saturated heterocycles. The summed E-state index contributed by atoms with van der Waals surface area (Å²) in [5, 5.41) is 0. The van der Waals surface area contributed by atoms with Crippen molar-refractivity contribution < 1.29 is 12.8 Å². The van der Waals surface area contributed by atoms with E-state index in [0.717, 1.165) is 11.6 Å². The molecule has 1 N–H and O–H groups in total. The van der Waals surface area contributed by atoms with Crippen LogP contribution in [0.4, 0.5) is 10.1 Å². The van der Waals surface area contributed by atoms with Gasteiger partial charge in [0.05, 0.1) is 5.69 Å². The minimum absolute atomic E-state index is 0.0867. The van der Waals surface area contributed by atoms with Crippen molar-refractivity contribution in [3.8, 4) is 0 Å². The Labute approximate surface area is 139 Å². The molecule has 2 aromatic rings. The Kier molecular flexibility index (Phi) is 4.75. The van der Waals surface area contributed by atoms with Gasteiger partial charge in [-0.3, -0.25) is 4.72 Å². The van der Waals surface area contributed by atoms with Gasteiger partial charge in [0.1, 0.15) is 10.7 Å². The van der Waals surface area contributed by atoms with E-state index in [2.05, 4.69) is 36.6 Å². The zero-order valence-electron chi connectivity index (χ0n) is 11.2. The van der Waals surface area contributed by atoms with Crippen molar-refractivity contribution in [2.45, 2.75) is 18.7 Å². The Morgan fingerprint density at radius 2 is 1.67 bits per heavy atom. The predicted molar refractivity (Wildman–Crippen MR) is 88.5 cm³/mol. The molecule has 3 nitrogen and oxygen atoms in total. The van der Waals surface area contributed by atoms with Crippen molar-refractivity contribution in [1.82, 2.24) is 0 Å². The van der Waals surface area contributed by atoms with E-state index < -0.39 is 15.8 Å². The van der Waals surface area contributed by atoms with Gasteiger partial charge in [-0.2, -0.15) is 0 Å². The fourth-order valence-corrected chi connectivity index (χ4v) is 4.54. The molecule has 7 heteroatoms. The summed E-state index contributed by atoms with van der Waals surface area (Å²) < 4.78 is 41.7. The van der Waals surface area contributed by atoms with Gasteiger partial charge in [0.15, 0.2) is 0 Å². The Hall–Kier alpha value is -0.920. The molecule has 0 heterocycles. The largest absolute Gasteiger partial charge is 0.279 e. The van der Waals surface area contributed by atoms with Crippen LogP contribution in [-0.2, 0) is 10.0 Å². The van der Waals surface area contributed by atoms with Crippen molar-refractivity contribution in [3.05, 3.63) is 56.2 Å². The van der Waals surface area contributed by atoms with Crippen molar-refractivity contribution in [2.24, 2.45) is 0 Å². The Morgan fingerprint density at radius 3 is 2.33 bits per heavy atom. The minimum atomic E-state index is -3.82. The molecule has 0 aromatic heterocycles. The van der Waals surface area contributed by atoms with Crippen molar-refractivity contribution in [1.29, 1.82) is 0 Å². The molecule has 0 bridgehead atoms. The van der Waals surface area contributed by atoms with E-state index in [-0.39, 0.29) is 10.6 Å². The average molecular weight is 437 g/mol. The minimum Gasteiger partial charge on any atom is -0.279 e. The van der Waals surface area contributed by atoms with E-state index >= 15 is 0 Å². The lowest BCUT2D eigenvalue weighted by molar-refractivity contribution is 0.600. The average Bonchev–Trinajstić information content (AvgIpc) is 2.37. The highest BCUT2D eigenvalue weighted by atomic mass is 79.9. The lowest BCUT2D eigenvalue weighted by atomic mass is 10.2. The molecule has 0 fully saturated rings. The summed E-state index contributed by atoms with van der Waals surface area (Å²) in [5.74, 6) is -0.498. The fraction of sp³-hybridized carbons (Fsp3) is 0.143. The molecule has 0 spiro atoms. The van der Waals surface area contributed by atoms with E-state index in [9.17, 15) is 12.8 Å². The number of anilines is 1. The number of rotatable bonds is 3. The molecule has 0 amide bonds. The maximum absolute atomic E-state index is 13.3. The molecule has 2 rings (SSSR count). The third-order valence-electron chi connectivity index (χ3n) is 2.95. The molecule has 0 aliphatic carbocycles. The van der Waals surface area contributed by atoms with Gasteiger partial charge in [0, 0.05) is 8.95 Å². The Morgan fingerprint density at radius 1 is 1.00 bits per heavy atom. The normalized spacial score (nSPS) is 11.5. The van der Waals surface area contributed by atoms with Gasteiger partial charge in [0.25, 0.3) is 10.0 Å². The molecular weight excluding hydrogens is 425 g/mol. The second-order valence-corrected chi connectivity index (χ2v) is 7.96. The summed E-state index contributed by atoms with van der Waals surface area (Å²) in [6, 6.07) is 7.18. The first kappa shape index (κ1) is 16.5. The van der Waals surface area contributed by atoms with E-state index in [0.29, 0.717) is 14.5 Å². The predicted octanol–water partition coefficient (Wildman–Crippen LogP) is 4.77. The standard InChI is InChI=1S/C14H12Br2FNO2S/c1-8-3-4-10(17)6-13(8)18-21(19,20)14-7-11(15)9(2)5-12(14)16/h3-7,18H,1-2H3. The van der Waals surface area contributed by atoms with Gasteiger partial charge in [-0.1, -0.05) is 22.0 Å². The molecule has 0 aliphatic heterocycles. The van der Waals surface area contributed by atoms with Gasteiger partial charge in [0.2, 0.25) is 0 Å². The van der Waals surface area contributed by atoms with Crippen LogP contribution in [0.2, 0.25) is 0 Å². The molecule has 112 valence electrons. The van der Waals surface area contributed by atoms with Crippen LogP contribution in [-0.4, -0.2) is 8.42 Å². The van der Waals surface area contributed by atoms with E-state index in [1.807, 2.05) is 6.92 Å². The van der Waals surface area contributed by atoms with E-state index in [1.165, 1.54) is 18.2 Å². The van der Waals surface area contributed by atoms with E-state index in [1.54, 1.807) is 13.0 Å².